The van der Waals surface area contributed by atoms with Crippen LogP contribution in [0.5, 0.6) is 0 Å². The van der Waals surface area contributed by atoms with E-state index in [1.807, 2.05) is 4.90 Å². The molecule has 1 aromatic carbocycles. The second kappa shape index (κ2) is 11.1. The lowest BCUT2D eigenvalue weighted by molar-refractivity contribution is -0.141. The topological polar surface area (TPSA) is 36.0 Å². The van der Waals surface area contributed by atoms with Crippen LogP contribution in [0.15, 0.2) is 41.8 Å². The highest BCUT2D eigenvalue weighted by atomic mass is 32.1. The first-order chi connectivity index (χ1) is 16.3. The van der Waals surface area contributed by atoms with E-state index < -0.39 is 11.7 Å². The lowest BCUT2D eigenvalue weighted by Crippen LogP contribution is -2.56. The molecule has 0 N–H and O–H groups in total. The quantitative estimate of drug-likeness (QED) is 0.519. The van der Waals surface area contributed by atoms with E-state index in [1.54, 1.807) is 17.4 Å². The molecule has 2 aliphatic rings. The van der Waals surface area contributed by atoms with Crippen LogP contribution in [0, 0.1) is 5.92 Å². The van der Waals surface area contributed by atoms with Crippen molar-refractivity contribution in [2.24, 2.45) is 5.92 Å². The van der Waals surface area contributed by atoms with Crippen LogP contribution in [-0.4, -0.2) is 68.2 Å². The number of methoxy groups -OCH3 is 1. The molecule has 5 nitrogen and oxygen atoms in total. The fraction of sp³-hybridized carbons (Fsp3) is 0.560. The van der Waals surface area contributed by atoms with Crippen LogP contribution in [0.4, 0.5) is 18.9 Å². The molecule has 2 saturated heterocycles. The van der Waals surface area contributed by atoms with Gasteiger partial charge in [0.1, 0.15) is 0 Å². The van der Waals surface area contributed by atoms with Crippen LogP contribution in [0.1, 0.15) is 29.7 Å². The molecule has 9 heteroatoms. The molecular weight excluding hydrogens is 463 g/mol. The molecule has 2 aromatic rings. The molecule has 3 heterocycles. The minimum atomic E-state index is -4.33. The fourth-order valence-electron chi connectivity index (χ4n) is 5.22. The highest BCUT2D eigenvalue weighted by molar-refractivity contribution is 7.09. The number of hydrogen-bond acceptors (Lipinski definition) is 6. The third kappa shape index (κ3) is 6.31. The fourth-order valence-corrected chi connectivity index (χ4v) is 5.97. The molecule has 0 bridgehead atoms. The number of piperazine rings is 1. The van der Waals surface area contributed by atoms with Crippen molar-refractivity contribution in [3.8, 4) is 0 Å². The van der Waals surface area contributed by atoms with Gasteiger partial charge in [0.15, 0.2) is 0 Å². The van der Waals surface area contributed by atoms with E-state index in [1.165, 1.54) is 24.1 Å². The number of anilines is 1. The van der Waals surface area contributed by atoms with Crippen molar-refractivity contribution in [2.75, 3.05) is 51.3 Å². The van der Waals surface area contributed by atoms with Crippen molar-refractivity contribution in [3.63, 3.8) is 0 Å². The van der Waals surface area contributed by atoms with E-state index >= 15 is 0 Å². The summed E-state index contributed by atoms with van der Waals surface area (Å²) in [6, 6.07) is 10.2. The van der Waals surface area contributed by atoms with E-state index in [0.717, 1.165) is 51.6 Å². The third-order valence-corrected chi connectivity index (χ3v) is 7.87. The van der Waals surface area contributed by atoms with Crippen molar-refractivity contribution < 1.29 is 22.7 Å². The molecule has 0 unspecified atom stereocenters. The first-order valence-electron chi connectivity index (χ1n) is 11.8. The van der Waals surface area contributed by atoms with Gasteiger partial charge in [-0.2, -0.15) is 13.2 Å². The Morgan fingerprint density at radius 3 is 2.59 bits per heavy atom. The van der Waals surface area contributed by atoms with Gasteiger partial charge in [0.05, 0.1) is 12.7 Å². The zero-order valence-electron chi connectivity index (χ0n) is 19.5. The molecule has 186 valence electrons. The van der Waals surface area contributed by atoms with E-state index in [0.29, 0.717) is 37.2 Å². The minimum absolute atomic E-state index is 0.177. The van der Waals surface area contributed by atoms with Gasteiger partial charge in [-0.1, -0.05) is 12.1 Å². The van der Waals surface area contributed by atoms with Gasteiger partial charge in [0, 0.05) is 68.8 Å². The van der Waals surface area contributed by atoms with E-state index in [9.17, 15) is 18.0 Å². The number of carbonyl (C=O) groups excluding carboxylic acids is 1. The van der Waals surface area contributed by atoms with Gasteiger partial charge in [-0.25, -0.2) is 0 Å². The van der Waals surface area contributed by atoms with Crippen LogP contribution >= 0.6 is 11.3 Å². The summed E-state index contributed by atoms with van der Waals surface area (Å²) in [5.74, 6) is 0.177. The van der Waals surface area contributed by atoms with E-state index in [4.69, 9.17) is 4.74 Å². The summed E-state index contributed by atoms with van der Waals surface area (Å²) in [6.45, 7) is 5.88. The van der Waals surface area contributed by atoms with Gasteiger partial charge in [0.25, 0.3) is 0 Å². The number of esters is 1. The number of halogens is 3. The Bertz CT molecular complexity index is 930. The Morgan fingerprint density at radius 1 is 1.12 bits per heavy atom. The summed E-state index contributed by atoms with van der Waals surface area (Å²) in [6.07, 6.45) is -2.11. The molecule has 0 aliphatic carbocycles. The summed E-state index contributed by atoms with van der Waals surface area (Å²) in [5, 5.41) is 2.10. The van der Waals surface area contributed by atoms with Gasteiger partial charge in [0.2, 0.25) is 0 Å². The largest absolute Gasteiger partial charge is 0.469 e. The van der Waals surface area contributed by atoms with Crippen LogP contribution in [0.25, 0.3) is 0 Å². The van der Waals surface area contributed by atoms with Gasteiger partial charge in [-0.05, 0) is 48.4 Å². The molecule has 2 fully saturated rings. The number of carbonyl (C=O) groups is 1. The second-order valence-electron chi connectivity index (χ2n) is 9.12. The van der Waals surface area contributed by atoms with Crippen molar-refractivity contribution in [2.45, 2.75) is 38.0 Å². The molecule has 2 aliphatic heterocycles. The van der Waals surface area contributed by atoms with Crippen molar-refractivity contribution in [3.05, 3.63) is 52.2 Å². The number of thiophene rings is 1. The number of rotatable bonds is 7. The van der Waals surface area contributed by atoms with Crippen LogP contribution in [0.2, 0.25) is 0 Å². The van der Waals surface area contributed by atoms with Crippen molar-refractivity contribution in [1.29, 1.82) is 0 Å². The number of nitrogens with zero attached hydrogens (tertiary/aromatic N) is 3. The zero-order valence-corrected chi connectivity index (χ0v) is 20.3. The smallest absolute Gasteiger partial charge is 0.416 e. The molecule has 0 spiro atoms. The molecule has 0 radical (unpaired) electrons. The Balaban J connectivity index is 1.38. The summed E-state index contributed by atoms with van der Waals surface area (Å²) >= 11 is 1.77. The summed E-state index contributed by atoms with van der Waals surface area (Å²) in [4.78, 5) is 20.2. The first-order valence-corrected chi connectivity index (χ1v) is 12.7. The minimum Gasteiger partial charge on any atom is -0.469 e. The maximum Gasteiger partial charge on any atom is 0.416 e. The van der Waals surface area contributed by atoms with Crippen molar-refractivity contribution in [1.82, 2.24) is 9.80 Å². The summed E-state index contributed by atoms with van der Waals surface area (Å²) < 4.78 is 44.3. The molecule has 4 rings (SSSR count). The monoisotopic (exact) mass is 495 g/mol. The average Bonchev–Trinajstić information content (AvgIpc) is 3.35. The van der Waals surface area contributed by atoms with Crippen LogP contribution in [0.3, 0.4) is 0 Å². The normalized spacial score (nSPS) is 22.6. The Kier molecular flexibility index (Phi) is 8.16. The van der Waals surface area contributed by atoms with Crippen LogP contribution in [-0.2, 0) is 22.3 Å². The Hall–Kier alpha value is -2.10. The molecule has 0 amide bonds. The summed E-state index contributed by atoms with van der Waals surface area (Å²) in [7, 11) is 1.43. The second-order valence-corrected chi connectivity index (χ2v) is 10.1. The standard InChI is InChI=1S/C25H32F3N3O2S/c1-33-24(32)8-7-19-17-29(18-22-6-3-15-34-22)10-9-23(19)31-13-11-30(12-14-31)21-5-2-4-20(16-21)25(26,27)28/h2-6,15-16,19,23H,7-14,17-18H2,1H3/t19-,23+/m1/s1. The number of alkyl halides is 3. The number of ether oxygens (including phenoxy) is 1. The SMILES string of the molecule is COC(=O)CC[C@@H]1CN(Cc2cccs2)CC[C@@H]1N1CCN(c2cccc(C(F)(F)F)c2)CC1. The summed E-state index contributed by atoms with van der Waals surface area (Å²) in [5.41, 5.74) is 0.0240. The molecular formula is C25H32F3N3O2S. The Labute approximate surface area is 203 Å². The maximum absolute atomic E-state index is 13.1. The number of piperidine rings is 1. The molecule has 34 heavy (non-hydrogen) atoms. The number of hydrogen-bond donors (Lipinski definition) is 0. The number of benzene rings is 1. The lowest BCUT2D eigenvalue weighted by Gasteiger charge is -2.47. The predicted octanol–water partition coefficient (Wildman–Crippen LogP) is 4.73. The highest BCUT2D eigenvalue weighted by Crippen LogP contribution is 2.33. The van der Waals surface area contributed by atoms with Gasteiger partial charge in [-0.15, -0.1) is 11.3 Å². The maximum atomic E-state index is 13.1. The average molecular weight is 496 g/mol. The highest BCUT2D eigenvalue weighted by Gasteiger charge is 2.35. The zero-order chi connectivity index (χ0) is 24.1. The van der Waals surface area contributed by atoms with Gasteiger partial charge in [-0.3, -0.25) is 14.6 Å². The van der Waals surface area contributed by atoms with Gasteiger partial charge >= 0.3 is 12.1 Å². The molecule has 1 aromatic heterocycles. The van der Waals surface area contributed by atoms with Gasteiger partial charge < -0.3 is 9.64 Å². The predicted molar refractivity (Wildman–Crippen MR) is 128 cm³/mol. The van der Waals surface area contributed by atoms with Crippen LogP contribution < -0.4 is 4.90 Å². The molecule has 0 saturated carbocycles. The Morgan fingerprint density at radius 2 is 1.91 bits per heavy atom. The molecule has 2 atom stereocenters. The lowest BCUT2D eigenvalue weighted by atomic mass is 9.86. The number of likely N-dealkylation sites (tertiary alicyclic amines) is 1. The first kappa shape index (κ1) is 25.0. The van der Waals surface area contributed by atoms with Crippen molar-refractivity contribution >= 4 is 23.0 Å². The third-order valence-electron chi connectivity index (χ3n) is 7.01. The van der Waals surface area contributed by atoms with E-state index in [2.05, 4.69) is 27.3 Å². The van der Waals surface area contributed by atoms with E-state index in [-0.39, 0.29) is 5.97 Å².